The van der Waals surface area contributed by atoms with Crippen LogP contribution in [-0.4, -0.2) is 35.7 Å². The van der Waals surface area contributed by atoms with Crippen LogP contribution in [0.3, 0.4) is 0 Å². The SMILES string of the molecule is CCCc1nccn1CC(=O)NCCCOC. The molecule has 0 aromatic carbocycles. The Balaban J connectivity index is 2.31. The molecule has 0 aliphatic heterocycles. The van der Waals surface area contributed by atoms with Gasteiger partial charge < -0.3 is 14.6 Å². The Kier molecular flexibility index (Phi) is 6.32. The number of nitrogens with one attached hydrogen (secondary N) is 1. The van der Waals surface area contributed by atoms with Gasteiger partial charge in [0.1, 0.15) is 12.4 Å². The minimum absolute atomic E-state index is 0.0245. The maximum Gasteiger partial charge on any atom is 0.239 e. The Bertz CT molecular complexity index is 336. The molecule has 1 N–H and O–H groups in total. The Morgan fingerprint density at radius 1 is 1.59 bits per heavy atom. The number of amides is 1. The number of hydrogen-bond donors (Lipinski definition) is 1. The van der Waals surface area contributed by atoms with E-state index in [4.69, 9.17) is 4.74 Å². The quantitative estimate of drug-likeness (QED) is 0.688. The zero-order valence-corrected chi connectivity index (χ0v) is 10.6. The number of rotatable bonds is 8. The standard InChI is InChI=1S/C12H21N3O2/c1-3-5-11-13-7-8-15(11)10-12(16)14-6-4-9-17-2/h7-8H,3-6,9-10H2,1-2H3,(H,14,16). The third-order valence-corrected chi connectivity index (χ3v) is 2.44. The number of aromatic nitrogens is 2. The average molecular weight is 239 g/mol. The van der Waals surface area contributed by atoms with Gasteiger partial charge in [-0.2, -0.15) is 0 Å². The van der Waals surface area contributed by atoms with E-state index in [1.54, 1.807) is 13.3 Å². The summed E-state index contributed by atoms with van der Waals surface area (Å²) in [5.41, 5.74) is 0. The predicted octanol–water partition coefficient (Wildman–Crippen LogP) is 0.988. The van der Waals surface area contributed by atoms with Crippen LogP contribution in [0, 0.1) is 0 Å². The van der Waals surface area contributed by atoms with E-state index in [1.165, 1.54) is 0 Å². The zero-order valence-electron chi connectivity index (χ0n) is 10.6. The zero-order chi connectivity index (χ0) is 12.5. The molecular formula is C12H21N3O2. The van der Waals surface area contributed by atoms with Crippen LogP contribution in [0.15, 0.2) is 12.4 Å². The molecule has 5 heteroatoms. The first-order valence-corrected chi connectivity index (χ1v) is 6.03. The Morgan fingerprint density at radius 3 is 3.12 bits per heavy atom. The fourth-order valence-electron chi connectivity index (χ4n) is 1.59. The summed E-state index contributed by atoms with van der Waals surface area (Å²) in [4.78, 5) is 15.9. The monoisotopic (exact) mass is 239 g/mol. The number of methoxy groups -OCH3 is 1. The molecule has 96 valence electrons. The highest BCUT2D eigenvalue weighted by molar-refractivity contribution is 5.75. The van der Waals surface area contributed by atoms with E-state index < -0.39 is 0 Å². The first kappa shape index (κ1) is 13.7. The van der Waals surface area contributed by atoms with Gasteiger partial charge in [-0.3, -0.25) is 4.79 Å². The summed E-state index contributed by atoms with van der Waals surface area (Å²) in [5.74, 6) is 0.996. The number of carbonyl (C=O) groups excluding carboxylic acids is 1. The normalized spacial score (nSPS) is 10.5. The molecule has 5 nitrogen and oxygen atoms in total. The summed E-state index contributed by atoms with van der Waals surface area (Å²) in [7, 11) is 1.66. The lowest BCUT2D eigenvalue weighted by molar-refractivity contribution is -0.121. The van der Waals surface area contributed by atoms with Crippen LogP contribution in [0.4, 0.5) is 0 Å². The van der Waals surface area contributed by atoms with Crippen molar-refractivity contribution in [2.24, 2.45) is 0 Å². The molecule has 0 saturated carbocycles. The van der Waals surface area contributed by atoms with E-state index in [2.05, 4.69) is 17.2 Å². The lowest BCUT2D eigenvalue weighted by atomic mass is 10.3. The molecule has 0 unspecified atom stereocenters. The molecule has 1 aromatic heterocycles. The Morgan fingerprint density at radius 2 is 2.41 bits per heavy atom. The second kappa shape index (κ2) is 7.84. The lowest BCUT2D eigenvalue weighted by Crippen LogP contribution is -2.29. The molecule has 17 heavy (non-hydrogen) atoms. The highest BCUT2D eigenvalue weighted by atomic mass is 16.5. The lowest BCUT2D eigenvalue weighted by Gasteiger charge is -2.08. The highest BCUT2D eigenvalue weighted by Gasteiger charge is 2.06. The van der Waals surface area contributed by atoms with Gasteiger partial charge in [-0.25, -0.2) is 4.98 Å². The molecule has 0 saturated heterocycles. The van der Waals surface area contributed by atoms with Crippen LogP contribution in [0.2, 0.25) is 0 Å². The second-order valence-corrected chi connectivity index (χ2v) is 3.92. The van der Waals surface area contributed by atoms with Gasteiger partial charge in [0.15, 0.2) is 0 Å². The van der Waals surface area contributed by atoms with Gasteiger partial charge in [0.2, 0.25) is 5.91 Å². The van der Waals surface area contributed by atoms with Gasteiger partial charge in [-0.15, -0.1) is 0 Å². The third-order valence-electron chi connectivity index (χ3n) is 2.44. The number of nitrogens with zero attached hydrogens (tertiary/aromatic N) is 2. The van der Waals surface area contributed by atoms with E-state index in [1.807, 2.05) is 10.8 Å². The molecule has 0 spiro atoms. The summed E-state index contributed by atoms with van der Waals surface area (Å²) < 4.78 is 6.81. The van der Waals surface area contributed by atoms with Gasteiger partial charge in [0, 0.05) is 39.1 Å². The van der Waals surface area contributed by atoms with Crippen molar-refractivity contribution in [2.75, 3.05) is 20.3 Å². The first-order valence-electron chi connectivity index (χ1n) is 6.03. The smallest absolute Gasteiger partial charge is 0.239 e. The first-order chi connectivity index (χ1) is 8.27. The van der Waals surface area contributed by atoms with Crippen molar-refractivity contribution in [1.82, 2.24) is 14.9 Å². The van der Waals surface area contributed by atoms with Crippen molar-refractivity contribution in [3.8, 4) is 0 Å². The minimum atomic E-state index is 0.0245. The molecule has 0 aliphatic carbocycles. The van der Waals surface area contributed by atoms with E-state index in [9.17, 15) is 4.79 Å². The third kappa shape index (κ3) is 4.99. The largest absolute Gasteiger partial charge is 0.385 e. The van der Waals surface area contributed by atoms with Crippen LogP contribution < -0.4 is 5.32 Å². The number of ether oxygens (including phenoxy) is 1. The van der Waals surface area contributed by atoms with Crippen LogP contribution in [-0.2, 0) is 22.5 Å². The van der Waals surface area contributed by atoms with Crippen molar-refractivity contribution >= 4 is 5.91 Å². The summed E-state index contributed by atoms with van der Waals surface area (Å²) in [6.45, 7) is 3.78. The molecule has 1 heterocycles. The van der Waals surface area contributed by atoms with Crippen LogP contribution in [0.1, 0.15) is 25.6 Å². The molecule has 0 fully saturated rings. The van der Waals surface area contributed by atoms with Gasteiger partial charge in [-0.05, 0) is 12.8 Å². The summed E-state index contributed by atoms with van der Waals surface area (Å²) >= 11 is 0. The summed E-state index contributed by atoms with van der Waals surface area (Å²) in [6.07, 6.45) is 6.37. The molecule has 0 radical (unpaired) electrons. The minimum Gasteiger partial charge on any atom is -0.385 e. The van der Waals surface area contributed by atoms with Crippen molar-refractivity contribution in [1.29, 1.82) is 0 Å². The molecule has 0 bridgehead atoms. The fourth-order valence-corrected chi connectivity index (χ4v) is 1.59. The highest BCUT2D eigenvalue weighted by Crippen LogP contribution is 2.00. The topological polar surface area (TPSA) is 56.2 Å². The van der Waals surface area contributed by atoms with Gasteiger partial charge in [-0.1, -0.05) is 6.92 Å². The van der Waals surface area contributed by atoms with Gasteiger partial charge >= 0.3 is 0 Å². The Labute approximate surface area is 102 Å². The maximum atomic E-state index is 11.6. The number of carbonyl (C=O) groups is 1. The second-order valence-electron chi connectivity index (χ2n) is 3.92. The molecule has 0 atom stereocenters. The van der Waals surface area contributed by atoms with E-state index in [-0.39, 0.29) is 5.91 Å². The fraction of sp³-hybridized carbons (Fsp3) is 0.667. The molecule has 1 aromatic rings. The van der Waals surface area contributed by atoms with Gasteiger partial charge in [0.05, 0.1) is 0 Å². The number of imidazole rings is 1. The predicted molar refractivity (Wildman–Crippen MR) is 65.7 cm³/mol. The van der Waals surface area contributed by atoms with E-state index >= 15 is 0 Å². The average Bonchev–Trinajstić information content (AvgIpc) is 2.73. The van der Waals surface area contributed by atoms with Crippen molar-refractivity contribution < 1.29 is 9.53 Å². The van der Waals surface area contributed by atoms with E-state index in [0.717, 1.165) is 25.1 Å². The molecule has 1 amide bonds. The molecular weight excluding hydrogens is 218 g/mol. The summed E-state index contributed by atoms with van der Waals surface area (Å²) in [5, 5.41) is 2.86. The maximum absolute atomic E-state index is 11.6. The van der Waals surface area contributed by atoms with Crippen LogP contribution in [0.5, 0.6) is 0 Å². The van der Waals surface area contributed by atoms with Crippen molar-refractivity contribution in [3.63, 3.8) is 0 Å². The molecule has 1 rings (SSSR count). The van der Waals surface area contributed by atoms with Gasteiger partial charge in [0.25, 0.3) is 0 Å². The molecule has 0 aliphatic rings. The summed E-state index contributed by atoms with van der Waals surface area (Å²) in [6, 6.07) is 0. The van der Waals surface area contributed by atoms with Crippen LogP contribution in [0.25, 0.3) is 0 Å². The Hall–Kier alpha value is -1.36. The van der Waals surface area contributed by atoms with E-state index in [0.29, 0.717) is 19.7 Å². The number of aryl methyl sites for hydroxylation is 1. The van der Waals surface area contributed by atoms with Crippen LogP contribution >= 0.6 is 0 Å². The number of hydrogen-bond acceptors (Lipinski definition) is 3. The van der Waals surface area contributed by atoms with Crippen molar-refractivity contribution in [3.05, 3.63) is 18.2 Å². The van der Waals surface area contributed by atoms with Crippen molar-refractivity contribution in [2.45, 2.75) is 32.7 Å².